The summed E-state index contributed by atoms with van der Waals surface area (Å²) >= 11 is 0. The van der Waals surface area contributed by atoms with Gasteiger partial charge in [-0.2, -0.15) is 0 Å². The SMILES string of the molecule is Cn1ccc2cc(C(=O)NC(C)(C)Cc3ccc(C(C)(C)C)cc3)cnc21. The Labute approximate surface area is 161 Å². The number of benzene rings is 1. The molecule has 142 valence electrons. The van der Waals surface area contributed by atoms with Gasteiger partial charge in [0.05, 0.1) is 5.56 Å². The molecule has 0 unspecified atom stereocenters. The second kappa shape index (κ2) is 6.84. The molecule has 0 aliphatic rings. The molecule has 3 rings (SSSR count). The molecular formula is C23H29N3O. The number of pyridine rings is 1. The normalized spacial score (nSPS) is 12.4. The fraction of sp³-hybridized carbons (Fsp3) is 0.391. The van der Waals surface area contributed by atoms with Gasteiger partial charge in [0, 0.05) is 30.4 Å². The molecule has 4 nitrogen and oxygen atoms in total. The second-order valence-electron chi connectivity index (χ2n) is 9.03. The Morgan fingerprint density at radius 1 is 1.07 bits per heavy atom. The zero-order valence-electron chi connectivity index (χ0n) is 17.1. The van der Waals surface area contributed by atoms with Gasteiger partial charge in [-0.15, -0.1) is 0 Å². The van der Waals surface area contributed by atoms with Crippen LogP contribution in [0.5, 0.6) is 0 Å². The smallest absolute Gasteiger partial charge is 0.253 e. The minimum Gasteiger partial charge on any atom is -0.347 e. The van der Waals surface area contributed by atoms with Gasteiger partial charge in [-0.25, -0.2) is 4.98 Å². The summed E-state index contributed by atoms with van der Waals surface area (Å²) in [5, 5.41) is 4.12. The van der Waals surface area contributed by atoms with Crippen LogP contribution in [-0.4, -0.2) is 21.0 Å². The largest absolute Gasteiger partial charge is 0.347 e. The van der Waals surface area contributed by atoms with Crippen LogP contribution in [0.1, 0.15) is 56.1 Å². The number of nitrogens with zero attached hydrogens (tertiary/aromatic N) is 2. The van der Waals surface area contributed by atoms with Crippen LogP contribution in [0.2, 0.25) is 0 Å². The molecule has 0 saturated heterocycles. The highest BCUT2D eigenvalue weighted by Crippen LogP contribution is 2.23. The Hall–Kier alpha value is -2.62. The summed E-state index contributed by atoms with van der Waals surface area (Å²) in [4.78, 5) is 17.1. The van der Waals surface area contributed by atoms with Crippen molar-refractivity contribution in [3.05, 3.63) is 65.5 Å². The van der Waals surface area contributed by atoms with Gasteiger partial charge in [0.25, 0.3) is 5.91 Å². The van der Waals surface area contributed by atoms with E-state index in [0.717, 1.165) is 17.5 Å². The highest BCUT2D eigenvalue weighted by atomic mass is 16.1. The quantitative estimate of drug-likeness (QED) is 0.735. The van der Waals surface area contributed by atoms with E-state index in [0.29, 0.717) is 5.56 Å². The van der Waals surface area contributed by atoms with Gasteiger partial charge < -0.3 is 9.88 Å². The van der Waals surface area contributed by atoms with Crippen LogP contribution in [0.3, 0.4) is 0 Å². The average molecular weight is 364 g/mol. The number of aromatic nitrogens is 2. The molecule has 0 aliphatic heterocycles. The van der Waals surface area contributed by atoms with E-state index in [9.17, 15) is 4.79 Å². The molecule has 4 heteroatoms. The van der Waals surface area contributed by atoms with Crippen LogP contribution in [-0.2, 0) is 18.9 Å². The number of nitrogens with one attached hydrogen (secondary N) is 1. The van der Waals surface area contributed by atoms with Crippen LogP contribution in [0.25, 0.3) is 11.0 Å². The van der Waals surface area contributed by atoms with Crippen LogP contribution in [0.15, 0.2) is 48.8 Å². The molecular weight excluding hydrogens is 334 g/mol. The van der Waals surface area contributed by atoms with Crippen molar-refractivity contribution in [1.29, 1.82) is 0 Å². The van der Waals surface area contributed by atoms with Gasteiger partial charge in [-0.1, -0.05) is 45.0 Å². The van der Waals surface area contributed by atoms with Gasteiger partial charge in [-0.3, -0.25) is 4.79 Å². The summed E-state index contributed by atoms with van der Waals surface area (Å²) in [7, 11) is 1.95. The highest BCUT2D eigenvalue weighted by molar-refractivity contribution is 5.97. The number of fused-ring (bicyclic) bond motifs is 1. The standard InChI is InChI=1S/C23H29N3O/c1-22(2,3)19-9-7-16(8-10-19)14-23(4,5)25-21(27)18-13-17-11-12-26(6)20(17)24-15-18/h7-13,15H,14H2,1-6H3,(H,25,27). The average Bonchev–Trinajstić information content (AvgIpc) is 2.94. The third kappa shape index (κ3) is 4.38. The fourth-order valence-corrected chi connectivity index (χ4v) is 3.34. The number of amides is 1. The molecule has 2 aromatic heterocycles. The first-order chi connectivity index (χ1) is 12.5. The lowest BCUT2D eigenvalue weighted by molar-refractivity contribution is 0.0913. The number of aryl methyl sites for hydroxylation is 1. The molecule has 1 aromatic carbocycles. The van der Waals surface area contributed by atoms with Gasteiger partial charge >= 0.3 is 0 Å². The first-order valence-corrected chi connectivity index (χ1v) is 9.38. The Bertz CT molecular complexity index is 959. The lowest BCUT2D eigenvalue weighted by Gasteiger charge is -2.27. The van der Waals surface area contributed by atoms with Crippen molar-refractivity contribution in [3.8, 4) is 0 Å². The monoisotopic (exact) mass is 363 g/mol. The number of carbonyl (C=O) groups is 1. The zero-order valence-corrected chi connectivity index (χ0v) is 17.1. The summed E-state index contributed by atoms with van der Waals surface area (Å²) in [6.07, 6.45) is 4.36. The molecule has 3 aromatic rings. The Balaban J connectivity index is 1.71. The predicted octanol–water partition coefficient (Wildman–Crippen LogP) is 4.62. The minimum atomic E-state index is -0.355. The molecule has 0 fully saturated rings. The Morgan fingerprint density at radius 2 is 1.74 bits per heavy atom. The predicted molar refractivity (Wildman–Crippen MR) is 111 cm³/mol. The van der Waals surface area contributed by atoms with E-state index < -0.39 is 0 Å². The molecule has 0 saturated carbocycles. The Morgan fingerprint density at radius 3 is 2.37 bits per heavy atom. The Kier molecular flexibility index (Phi) is 4.85. The maximum absolute atomic E-state index is 12.7. The molecule has 1 amide bonds. The van der Waals surface area contributed by atoms with E-state index in [-0.39, 0.29) is 16.9 Å². The van der Waals surface area contributed by atoms with Crippen molar-refractivity contribution in [1.82, 2.24) is 14.9 Å². The number of hydrogen-bond donors (Lipinski definition) is 1. The molecule has 1 N–H and O–H groups in total. The van der Waals surface area contributed by atoms with E-state index >= 15 is 0 Å². The van der Waals surface area contributed by atoms with Crippen LogP contribution < -0.4 is 5.32 Å². The first kappa shape index (κ1) is 19.2. The van der Waals surface area contributed by atoms with Gasteiger partial charge in [0.1, 0.15) is 5.65 Å². The van der Waals surface area contributed by atoms with Crippen LogP contribution >= 0.6 is 0 Å². The zero-order chi connectivity index (χ0) is 19.8. The summed E-state index contributed by atoms with van der Waals surface area (Å²) < 4.78 is 1.95. The van der Waals surface area contributed by atoms with Crippen molar-refractivity contribution in [2.45, 2.75) is 52.0 Å². The fourth-order valence-electron chi connectivity index (χ4n) is 3.34. The molecule has 2 heterocycles. The summed E-state index contributed by atoms with van der Waals surface area (Å²) in [5.74, 6) is -0.0930. The molecule has 0 spiro atoms. The van der Waals surface area contributed by atoms with Crippen LogP contribution in [0, 0.1) is 0 Å². The maximum Gasteiger partial charge on any atom is 0.253 e. The number of carbonyl (C=O) groups excluding carboxylic acids is 1. The third-order valence-electron chi connectivity index (χ3n) is 4.89. The van der Waals surface area contributed by atoms with E-state index in [4.69, 9.17) is 0 Å². The van der Waals surface area contributed by atoms with E-state index in [1.165, 1.54) is 11.1 Å². The van der Waals surface area contributed by atoms with Crippen molar-refractivity contribution in [3.63, 3.8) is 0 Å². The van der Waals surface area contributed by atoms with Crippen molar-refractivity contribution < 1.29 is 4.79 Å². The topological polar surface area (TPSA) is 46.9 Å². The second-order valence-corrected chi connectivity index (χ2v) is 9.03. The first-order valence-electron chi connectivity index (χ1n) is 9.38. The molecule has 27 heavy (non-hydrogen) atoms. The maximum atomic E-state index is 12.7. The molecule has 0 radical (unpaired) electrons. The van der Waals surface area contributed by atoms with Gasteiger partial charge in [0.2, 0.25) is 0 Å². The van der Waals surface area contributed by atoms with E-state index in [2.05, 4.69) is 69.2 Å². The molecule has 0 atom stereocenters. The van der Waals surface area contributed by atoms with Crippen molar-refractivity contribution >= 4 is 16.9 Å². The number of rotatable bonds is 4. The van der Waals surface area contributed by atoms with E-state index in [1.807, 2.05) is 29.9 Å². The van der Waals surface area contributed by atoms with E-state index in [1.54, 1.807) is 6.20 Å². The third-order valence-corrected chi connectivity index (χ3v) is 4.89. The van der Waals surface area contributed by atoms with Crippen LogP contribution in [0.4, 0.5) is 0 Å². The highest BCUT2D eigenvalue weighted by Gasteiger charge is 2.23. The summed E-state index contributed by atoms with van der Waals surface area (Å²) in [6.45, 7) is 10.7. The number of hydrogen-bond acceptors (Lipinski definition) is 2. The van der Waals surface area contributed by atoms with Crippen molar-refractivity contribution in [2.75, 3.05) is 0 Å². The van der Waals surface area contributed by atoms with Crippen molar-refractivity contribution in [2.24, 2.45) is 7.05 Å². The molecule has 0 bridgehead atoms. The summed E-state index contributed by atoms with van der Waals surface area (Å²) in [6, 6.07) is 12.5. The lowest BCUT2D eigenvalue weighted by Crippen LogP contribution is -2.45. The summed E-state index contributed by atoms with van der Waals surface area (Å²) in [5.41, 5.74) is 3.78. The molecule has 0 aliphatic carbocycles. The van der Waals surface area contributed by atoms with Gasteiger partial charge in [0.15, 0.2) is 0 Å². The minimum absolute atomic E-state index is 0.0930. The van der Waals surface area contributed by atoms with Gasteiger partial charge in [-0.05, 0) is 48.9 Å². The lowest BCUT2D eigenvalue weighted by atomic mass is 9.85.